The summed E-state index contributed by atoms with van der Waals surface area (Å²) >= 11 is 0. The van der Waals surface area contributed by atoms with Gasteiger partial charge in [-0.05, 0) is 13.8 Å². The van der Waals surface area contributed by atoms with E-state index in [-0.39, 0.29) is 24.5 Å². The lowest BCUT2D eigenvalue weighted by Gasteiger charge is -2.18. The summed E-state index contributed by atoms with van der Waals surface area (Å²) in [4.78, 5) is 12.6. The third-order valence-electron chi connectivity index (χ3n) is 1.29. The normalized spacial score (nSPS) is 11.5. The van der Waals surface area contributed by atoms with E-state index in [1.807, 2.05) is 13.8 Å². The SMILES string of the molecule is CC(C)NC(=O)N(C)CC(N)=NO. The van der Waals surface area contributed by atoms with Crippen molar-refractivity contribution in [2.24, 2.45) is 10.9 Å². The number of oxime groups is 1. The van der Waals surface area contributed by atoms with Crippen molar-refractivity contribution in [2.75, 3.05) is 13.6 Å². The second-order valence-electron chi connectivity index (χ2n) is 3.05. The number of carbonyl (C=O) groups is 1. The molecule has 0 aliphatic rings. The molecule has 0 heterocycles. The van der Waals surface area contributed by atoms with Gasteiger partial charge in [-0.25, -0.2) is 4.79 Å². The smallest absolute Gasteiger partial charge is 0.317 e. The lowest BCUT2D eigenvalue weighted by Crippen LogP contribution is -2.44. The standard InChI is InChI=1S/C7H16N4O2/c1-5(2)9-7(12)11(3)4-6(8)10-13/h5,13H,4H2,1-3H3,(H2,8,10)(H,9,12). The second kappa shape index (κ2) is 5.23. The van der Waals surface area contributed by atoms with Gasteiger partial charge in [-0.1, -0.05) is 5.16 Å². The molecule has 13 heavy (non-hydrogen) atoms. The average molecular weight is 188 g/mol. The minimum atomic E-state index is -0.249. The van der Waals surface area contributed by atoms with Gasteiger partial charge in [-0.3, -0.25) is 0 Å². The predicted octanol–water partition coefficient (Wildman–Crippen LogP) is -0.217. The molecule has 0 rings (SSSR count). The Balaban J connectivity index is 3.97. The second-order valence-corrected chi connectivity index (χ2v) is 3.05. The van der Waals surface area contributed by atoms with Crippen molar-refractivity contribution in [3.8, 4) is 0 Å². The highest BCUT2D eigenvalue weighted by atomic mass is 16.4. The third-order valence-corrected chi connectivity index (χ3v) is 1.29. The number of nitrogens with zero attached hydrogens (tertiary/aromatic N) is 2. The first-order valence-electron chi connectivity index (χ1n) is 3.95. The van der Waals surface area contributed by atoms with Gasteiger partial charge in [0, 0.05) is 13.1 Å². The molecule has 0 aromatic heterocycles. The molecule has 2 amide bonds. The first-order chi connectivity index (χ1) is 5.97. The monoisotopic (exact) mass is 188 g/mol. The summed E-state index contributed by atoms with van der Waals surface area (Å²) in [6, 6.07) is -0.177. The van der Waals surface area contributed by atoms with Crippen LogP contribution in [0.1, 0.15) is 13.8 Å². The minimum absolute atomic E-state index is 0.00130. The van der Waals surface area contributed by atoms with Crippen molar-refractivity contribution >= 4 is 11.9 Å². The third kappa shape index (κ3) is 4.89. The molecule has 0 aromatic carbocycles. The lowest BCUT2D eigenvalue weighted by atomic mass is 10.4. The number of hydrogen-bond acceptors (Lipinski definition) is 3. The topological polar surface area (TPSA) is 91.0 Å². The molecule has 6 heteroatoms. The Morgan fingerprint density at radius 1 is 1.69 bits per heavy atom. The molecule has 0 aliphatic carbocycles. The summed E-state index contributed by atoms with van der Waals surface area (Å²) < 4.78 is 0. The highest BCUT2D eigenvalue weighted by Gasteiger charge is 2.10. The van der Waals surface area contributed by atoms with Gasteiger partial charge in [0.2, 0.25) is 0 Å². The number of urea groups is 1. The van der Waals surface area contributed by atoms with Gasteiger partial charge in [0.25, 0.3) is 0 Å². The number of carbonyl (C=O) groups excluding carboxylic acids is 1. The van der Waals surface area contributed by atoms with Gasteiger partial charge in [0.15, 0.2) is 5.84 Å². The van der Waals surface area contributed by atoms with Crippen LogP contribution in [0.4, 0.5) is 4.79 Å². The van der Waals surface area contributed by atoms with Crippen molar-refractivity contribution in [3.05, 3.63) is 0 Å². The van der Waals surface area contributed by atoms with Crippen LogP contribution in [-0.2, 0) is 0 Å². The number of rotatable bonds is 3. The molecule has 0 saturated heterocycles. The molecule has 0 aliphatic heterocycles. The van der Waals surface area contributed by atoms with E-state index in [1.54, 1.807) is 7.05 Å². The summed E-state index contributed by atoms with van der Waals surface area (Å²) in [7, 11) is 1.57. The van der Waals surface area contributed by atoms with Gasteiger partial charge >= 0.3 is 6.03 Å². The van der Waals surface area contributed by atoms with Gasteiger partial charge in [-0.15, -0.1) is 0 Å². The zero-order chi connectivity index (χ0) is 10.4. The maximum absolute atomic E-state index is 11.2. The molecule has 0 fully saturated rings. The summed E-state index contributed by atoms with van der Waals surface area (Å²) in [5.41, 5.74) is 5.22. The molecular weight excluding hydrogens is 172 g/mol. The lowest BCUT2D eigenvalue weighted by molar-refractivity contribution is 0.211. The Bertz CT molecular complexity index is 203. The first-order valence-corrected chi connectivity index (χ1v) is 3.95. The fourth-order valence-corrected chi connectivity index (χ4v) is 0.704. The number of hydrogen-bond donors (Lipinski definition) is 3. The molecule has 6 nitrogen and oxygen atoms in total. The van der Waals surface area contributed by atoms with Crippen LogP contribution in [0.25, 0.3) is 0 Å². The van der Waals surface area contributed by atoms with Crippen LogP contribution < -0.4 is 11.1 Å². The van der Waals surface area contributed by atoms with E-state index in [2.05, 4.69) is 10.5 Å². The van der Waals surface area contributed by atoms with Crippen LogP contribution in [0.2, 0.25) is 0 Å². The molecule has 0 atom stereocenters. The number of amides is 2. The maximum atomic E-state index is 11.2. The fourth-order valence-electron chi connectivity index (χ4n) is 0.704. The van der Waals surface area contributed by atoms with Crippen molar-refractivity contribution in [2.45, 2.75) is 19.9 Å². The van der Waals surface area contributed by atoms with Crippen LogP contribution in [-0.4, -0.2) is 41.6 Å². The van der Waals surface area contributed by atoms with Gasteiger partial charge in [0.05, 0.1) is 6.54 Å². The number of amidine groups is 1. The average Bonchev–Trinajstić information content (AvgIpc) is 2.02. The number of nitrogens with one attached hydrogen (secondary N) is 1. The molecule has 0 unspecified atom stereocenters. The van der Waals surface area contributed by atoms with E-state index in [0.29, 0.717) is 0 Å². The predicted molar refractivity (Wildman–Crippen MR) is 49.7 cm³/mol. The van der Waals surface area contributed by atoms with E-state index in [4.69, 9.17) is 10.9 Å². The van der Waals surface area contributed by atoms with Crippen LogP contribution >= 0.6 is 0 Å². The number of nitrogens with two attached hydrogens (primary N) is 1. The van der Waals surface area contributed by atoms with Crippen molar-refractivity contribution in [3.63, 3.8) is 0 Å². The molecule has 0 saturated carbocycles. The van der Waals surface area contributed by atoms with E-state index in [9.17, 15) is 4.79 Å². The summed E-state index contributed by atoms with van der Waals surface area (Å²) in [6.07, 6.45) is 0. The molecule has 0 aromatic rings. The van der Waals surface area contributed by atoms with Crippen molar-refractivity contribution in [1.29, 1.82) is 0 Å². The molecule has 4 N–H and O–H groups in total. The molecule has 0 radical (unpaired) electrons. The zero-order valence-corrected chi connectivity index (χ0v) is 8.11. The maximum Gasteiger partial charge on any atom is 0.317 e. The van der Waals surface area contributed by atoms with Gasteiger partial charge < -0.3 is 21.2 Å². The molecule has 0 spiro atoms. The number of likely N-dealkylation sites (N-methyl/N-ethyl adjacent to an activating group) is 1. The highest BCUT2D eigenvalue weighted by molar-refractivity contribution is 5.86. The Morgan fingerprint density at radius 3 is 2.62 bits per heavy atom. The Hall–Kier alpha value is -1.46. The van der Waals surface area contributed by atoms with Gasteiger partial charge in [0.1, 0.15) is 0 Å². The summed E-state index contributed by atoms with van der Waals surface area (Å²) in [5.74, 6) is 0.00130. The van der Waals surface area contributed by atoms with E-state index in [0.717, 1.165) is 0 Å². The van der Waals surface area contributed by atoms with E-state index in [1.165, 1.54) is 4.90 Å². The quantitative estimate of drug-likeness (QED) is 0.247. The zero-order valence-electron chi connectivity index (χ0n) is 8.11. The van der Waals surface area contributed by atoms with Gasteiger partial charge in [-0.2, -0.15) is 0 Å². The minimum Gasteiger partial charge on any atom is -0.409 e. The van der Waals surface area contributed by atoms with Crippen molar-refractivity contribution < 1.29 is 10.0 Å². The van der Waals surface area contributed by atoms with Crippen LogP contribution in [0.15, 0.2) is 5.16 Å². The molecule has 76 valence electrons. The van der Waals surface area contributed by atoms with Crippen LogP contribution in [0.3, 0.4) is 0 Å². The van der Waals surface area contributed by atoms with E-state index < -0.39 is 0 Å². The van der Waals surface area contributed by atoms with Crippen molar-refractivity contribution in [1.82, 2.24) is 10.2 Å². The van der Waals surface area contributed by atoms with E-state index >= 15 is 0 Å². The summed E-state index contributed by atoms with van der Waals surface area (Å²) in [5, 5.41) is 13.7. The Labute approximate surface area is 77.4 Å². The highest BCUT2D eigenvalue weighted by Crippen LogP contribution is 1.86. The largest absolute Gasteiger partial charge is 0.409 e. The Morgan fingerprint density at radius 2 is 2.23 bits per heavy atom. The van der Waals surface area contributed by atoms with Crippen LogP contribution in [0, 0.1) is 0 Å². The fraction of sp³-hybridized carbons (Fsp3) is 0.714. The molecule has 0 bridgehead atoms. The van der Waals surface area contributed by atoms with Crippen LogP contribution in [0.5, 0.6) is 0 Å². The molecular formula is C7H16N4O2. The first kappa shape index (κ1) is 11.5. The summed E-state index contributed by atoms with van der Waals surface area (Å²) in [6.45, 7) is 3.82. The Kier molecular flexibility index (Phi) is 4.64.